The van der Waals surface area contributed by atoms with Gasteiger partial charge in [-0.25, -0.2) is 13.2 Å². The highest BCUT2D eigenvalue weighted by Crippen LogP contribution is 2.40. The van der Waals surface area contributed by atoms with Gasteiger partial charge in [0.1, 0.15) is 9.84 Å². The van der Waals surface area contributed by atoms with E-state index in [0.29, 0.717) is 43.3 Å². The Balaban J connectivity index is 1.44. The van der Waals surface area contributed by atoms with Gasteiger partial charge in [-0.1, -0.05) is 6.07 Å². The fourth-order valence-electron chi connectivity index (χ4n) is 4.84. The third-order valence-corrected chi connectivity index (χ3v) is 8.66. The van der Waals surface area contributed by atoms with Crippen molar-refractivity contribution in [2.75, 3.05) is 34.5 Å². The van der Waals surface area contributed by atoms with Gasteiger partial charge in [0.2, 0.25) is 5.91 Å². The zero-order chi connectivity index (χ0) is 24.0. The Kier molecular flexibility index (Phi) is 5.87. The highest BCUT2D eigenvalue weighted by Gasteiger charge is 2.35. The fourth-order valence-corrected chi connectivity index (χ4v) is 6.30. The smallest absolute Gasteiger partial charge is 0.414 e. The molecule has 0 unspecified atom stereocenters. The minimum Gasteiger partial charge on any atom is -0.449 e. The maximum absolute atomic E-state index is 13.0. The highest BCUT2D eigenvalue weighted by molar-refractivity contribution is 7.91. The van der Waals surface area contributed by atoms with Crippen LogP contribution >= 0.6 is 0 Å². The van der Waals surface area contributed by atoms with Crippen molar-refractivity contribution in [2.45, 2.75) is 51.6 Å². The van der Waals surface area contributed by atoms with Gasteiger partial charge in [0.15, 0.2) is 0 Å². The molecule has 2 aliphatic heterocycles. The van der Waals surface area contributed by atoms with E-state index in [2.05, 4.69) is 5.10 Å². The van der Waals surface area contributed by atoms with Gasteiger partial charge >= 0.3 is 6.09 Å². The summed E-state index contributed by atoms with van der Waals surface area (Å²) in [4.78, 5) is 28.7. The van der Waals surface area contributed by atoms with Gasteiger partial charge in [0.25, 0.3) is 0 Å². The van der Waals surface area contributed by atoms with E-state index >= 15 is 0 Å². The van der Waals surface area contributed by atoms with Crippen molar-refractivity contribution in [3.63, 3.8) is 0 Å². The Morgan fingerprint density at radius 3 is 2.50 bits per heavy atom. The summed E-state index contributed by atoms with van der Waals surface area (Å²) in [5.41, 5.74) is 3.06. The average molecular weight is 487 g/mol. The molecule has 0 spiro atoms. The van der Waals surface area contributed by atoms with E-state index in [1.165, 1.54) is 6.92 Å². The molecule has 2 fully saturated rings. The van der Waals surface area contributed by atoms with E-state index in [1.807, 2.05) is 36.0 Å². The lowest BCUT2D eigenvalue weighted by Crippen LogP contribution is -2.51. The molecule has 1 saturated carbocycles. The lowest BCUT2D eigenvalue weighted by molar-refractivity contribution is -0.117. The Morgan fingerprint density at radius 1 is 1.09 bits per heavy atom. The average Bonchev–Trinajstić information content (AvgIpc) is 3.50. The van der Waals surface area contributed by atoms with Crippen LogP contribution in [0.2, 0.25) is 0 Å². The Hall–Kier alpha value is -2.88. The number of aromatic nitrogens is 2. The highest BCUT2D eigenvalue weighted by atomic mass is 32.2. The lowest BCUT2D eigenvalue weighted by Gasteiger charge is -2.40. The number of hydrogen-bond acceptors (Lipinski definition) is 6. The van der Waals surface area contributed by atoms with Crippen LogP contribution < -0.4 is 9.80 Å². The largest absolute Gasteiger partial charge is 0.449 e. The van der Waals surface area contributed by atoms with E-state index < -0.39 is 9.84 Å². The van der Waals surface area contributed by atoms with Crippen LogP contribution in [0.15, 0.2) is 30.6 Å². The number of ether oxygens (including phenoxy) is 1. The molecule has 10 heteroatoms. The predicted octanol–water partition coefficient (Wildman–Crippen LogP) is 3.41. The number of anilines is 2. The number of hydrogen-bond donors (Lipinski definition) is 0. The summed E-state index contributed by atoms with van der Waals surface area (Å²) < 4.78 is 30.9. The third kappa shape index (κ3) is 4.55. The van der Waals surface area contributed by atoms with Gasteiger partial charge in [-0.15, -0.1) is 0 Å². The second kappa shape index (κ2) is 8.72. The van der Waals surface area contributed by atoms with E-state index in [1.54, 1.807) is 16.0 Å². The number of amides is 2. The molecule has 0 N–H and O–H groups in total. The standard InChI is InChI=1S/C24H30N4O5S/c1-16-13-26(24(30)33-15-18-3-4-18)23-11-19(5-6-22(23)28(16)17(2)29)20-12-25-27(14-20)21-7-9-34(31,32)10-8-21/h5-6,11-12,14,16,18,21H,3-4,7-10,13,15H2,1-2H3/t16-/m0/s1. The topological polar surface area (TPSA) is 102 Å². The molecule has 1 atom stereocenters. The van der Waals surface area contributed by atoms with Crippen LogP contribution in [0.3, 0.4) is 0 Å². The number of sulfone groups is 1. The monoisotopic (exact) mass is 486 g/mol. The molecule has 3 aliphatic rings. The van der Waals surface area contributed by atoms with Crippen molar-refractivity contribution in [3.05, 3.63) is 30.6 Å². The van der Waals surface area contributed by atoms with E-state index in [4.69, 9.17) is 4.74 Å². The van der Waals surface area contributed by atoms with Crippen LogP contribution in [-0.4, -0.2) is 60.9 Å². The molecular weight excluding hydrogens is 456 g/mol. The van der Waals surface area contributed by atoms with Crippen molar-refractivity contribution < 1.29 is 22.7 Å². The molecule has 2 amide bonds. The van der Waals surface area contributed by atoms with Crippen LogP contribution in [-0.2, 0) is 19.4 Å². The molecule has 0 radical (unpaired) electrons. The van der Waals surface area contributed by atoms with Crippen LogP contribution in [0.25, 0.3) is 11.1 Å². The summed E-state index contributed by atoms with van der Waals surface area (Å²) >= 11 is 0. The molecule has 3 heterocycles. The van der Waals surface area contributed by atoms with Gasteiger partial charge in [0, 0.05) is 25.2 Å². The maximum atomic E-state index is 13.0. The van der Waals surface area contributed by atoms with Crippen molar-refractivity contribution >= 4 is 33.2 Å². The first kappa shape index (κ1) is 22.9. The lowest BCUT2D eigenvalue weighted by atomic mass is 10.0. The minimum atomic E-state index is -2.94. The first-order valence-corrected chi connectivity index (χ1v) is 13.7. The van der Waals surface area contributed by atoms with E-state index in [-0.39, 0.29) is 35.6 Å². The summed E-state index contributed by atoms with van der Waals surface area (Å²) in [6.45, 7) is 4.24. The molecule has 1 aliphatic carbocycles. The number of rotatable bonds is 4. The molecule has 1 aromatic heterocycles. The molecule has 1 saturated heterocycles. The van der Waals surface area contributed by atoms with E-state index in [0.717, 1.165) is 24.0 Å². The maximum Gasteiger partial charge on any atom is 0.414 e. The summed E-state index contributed by atoms with van der Waals surface area (Å²) in [5, 5.41) is 4.49. The molecule has 1 aromatic carbocycles. The van der Waals surface area contributed by atoms with Crippen LogP contribution in [0.1, 0.15) is 45.6 Å². The molecule has 2 aromatic rings. The molecule has 0 bridgehead atoms. The molecular formula is C24H30N4O5S. The van der Waals surface area contributed by atoms with Crippen LogP contribution in [0.5, 0.6) is 0 Å². The fraction of sp³-hybridized carbons (Fsp3) is 0.542. The van der Waals surface area contributed by atoms with Crippen molar-refractivity contribution in [1.29, 1.82) is 0 Å². The summed E-state index contributed by atoms with van der Waals surface area (Å²) in [6, 6.07) is 5.58. The number of benzene rings is 1. The minimum absolute atomic E-state index is 0.0536. The quantitative estimate of drug-likeness (QED) is 0.656. The third-order valence-electron chi connectivity index (χ3n) is 6.95. The first-order valence-electron chi connectivity index (χ1n) is 11.8. The zero-order valence-electron chi connectivity index (χ0n) is 19.5. The number of fused-ring (bicyclic) bond motifs is 1. The number of carbonyl (C=O) groups is 2. The summed E-state index contributed by atoms with van der Waals surface area (Å²) in [5.74, 6) is 0.754. The predicted molar refractivity (Wildman–Crippen MR) is 129 cm³/mol. The summed E-state index contributed by atoms with van der Waals surface area (Å²) in [7, 11) is -2.94. The van der Waals surface area contributed by atoms with Crippen molar-refractivity contribution in [1.82, 2.24) is 9.78 Å². The Labute approximate surface area is 199 Å². The SMILES string of the molecule is CC(=O)N1c2ccc(-c3cnn(C4CCS(=O)(=O)CC4)c3)cc2N(C(=O)OCC2CC2)C[C@@H]1C. The van der Waals surface area contributed by atoms with Crippen LogP contribution in [0, 0.1) is 5.92 Å². The van der Waals surface area contributed by atoms with Crippen LogP contribution in [0.4, 0.5) is 16.2 Å². The van der Waals surface area contributed by atoms with Gasteiger partial charge in [0.05, 0.1) is 47.8 Å². The van der Waals surface area contributed by atoms with Gasteiger partial charge in [-0.3, -0.25) is 14.4 Å². The molecule has 182 valence electrons. The second-order valence-corrected chi connectivity index (χ2v) is 12.0. The molecule has 9 nitrogen and oxygen atoms in total. The van der Waals surface area contributed by atoms with Crippen molar-refractivity contribution in [3.8, 4) is 11.1 Å². The number of carbonyl (C=O) groups excluding carboxylic acids is 2. The molecule has 34 heavy (non-hydrogen) atoms. The van der Waals surface area contributed by atoms with Gasteiger partial charge in [-0.2, -0.15) is 5.10 Å². The van der Waals surface area contributed by atoms with Gasteiger partial charge in [-0.05, 0) is 56.2 Å². The van der Waals surface area contributed by atoms with Gasteiger partial charge < -0.3 is 9.64 Å². The summed E-state index contributed by atoms with van der Waals surface area (Å²) in [6.07, 6.45) is 6.60. The van der Waals surface area contributed by atoms with Crippen molar-refractivity contribution in [2.24, 2.45) is 5.92 Å². The van der Waals surface area contributed by atoms with E-state index in [9.17, 15) is 18.0 Å². The molecule has 5 rings (SSSR count). The number of nitrogens with zero attached hydrogens (tertiary/aromatic N) is 4. The normalized spacial score (nSPS) is 22.4. The Bertz CT molecular complexity index is 1210. The first-order chi connectivity index (χ1) is 16.2. The Morgan fingerprint density at radius 2 is 1.82 bits per heavy atom. The zero-order valence-corrected chi connectivity index (χ0v) is 20.3. The second-order valence-electron chi connectivity index (χ2n) is 9.66.